The average molecular weight is 190 g/mol. The molecule has 6 heteroatoms. The Hall–Kier alpha value is -1.14. The van der Waals surface area contributed by atoms with E-state index >= 15 is 0 Å². The van der Waals surface area contributed by atoms with Gasteiger partial charge in [-0.3, -0.25) is 4.79 Å². The van der Waals surface area contributed by atoms with Crippen LogP contribution in [0.3, 0.4) is 0 Å². The molecule has 0 aliphatic carbocycles. The van der Waals surface area contributed by atoms with E-state index in [2.05, 4.69) is 0 Å². The first-order chi connectivity index (χ1) is 5.91. The minimum absolute atomic E-state index is 0.662. The van der Waals surface area contributed by atoms with Crippen molar-refractivity contribution in [3.8, 4) is 0 Å². The average Bonchev–Trinajstić information content (AvgIpc) is 2.01. The van der Waals surface area contributed by atoms with Crippen LogP contribution in [0, 0.1) is 0 Å². The summed E-state index contributed by atoms with van der Waals surface area (Å²) in [5.74, 6) is -1.84. The van der Waals surface area contributed by atoms with Crippen molar-refractivity contribution in [1.29, 1.82) is 0 Å². The molecule has 0 radical (unpaired) electrons. The fourth-order valence-corrected chi connectivity index (χ4v) is 1.01. The van der Waals surface area contributed by atoms with E-state index in [0.29, 0.717) is 0 Å². The molecule has 0 fully saturated rings. The third kappa shape index (κ3) is 3.00. The van der Waals surface area contributed by atoms with Crippen LogP contribution in [0.1, 0.15) is 6.92 Å². The van der Waals surface area contributed by atoms with E-state index in [4.69, 9.17) is 15.9 Å². The highest BCUT2D eigenvalue weighted by atomic mass is 16.4. The molecule has 0 aromatic rings. The molecule has 2 atom stereocenters. The minimum Gasteiger partial charge on any atom is -0.480 e. The second kappa shape index (κ2) is 4.78. The highest BCUT2D eigenvalue weighted by Crippen LogP contribution is 2.01. The summed E-state index contributed by atoms with van der Waals surface area (Å²) in [6, 6.07) is -1.78. The Morgan fingerprint density at radius 1 is 1.54 bits per heavy atom. The Bertz CT molecular complexity index is 205. The zero-order chi connectivity index (χ0) is 10.6. The molecule has 4 N–H and O–H groups in total. The fourth-order valence-electron chi connectivity index (χ4n) is 1.01. The van der Waals surface area contributed by atoms with E-state index < -0.39 is 30.6 Å². The van der Waals surface area contributed by atoms with Gasteiger partial charge in [-0.2, -0.15) is 0 Å². The van der Waals surface area contributed by atoms with Crippen molar-refractivity contribution in [3.05, 3.63) is 0 Å². The summed E-state index contributed by atoms with van der Waals surface area (Å²) < 4.78 is 0. The number of hydrogen-bond donors (Lipinski definition) is 3. The summed E-state index contributed by atoms with van der Waals surface area (Å²) >= 11 is 0. The standard InChI is InChI=1S/C7H14N2O4/c1-4(8)6(7(12)13)9(2)5(11)3-10/h4,6,10H,3,8H2,1-2H3,(H,12,13)/t4?,6-/m0/s1. The number of nitrogens with zero attached hydrogens (tertiary/aromatic N) is 1. The number of carboxylic acid groups (broad SMARTS) is 1. The normalized spacial score (nSPS) is 14.8. The summed E-state index contributed by atoms with van der Waals surface area (Å²) in [5.41, 5.74) is 5.37. The van der Waals surface area contributed by atoms with E-state index in [9.17, 15) is 9.59 Å². The fraction of sp³-hybridized carbons (Fsp3) is 0.714. The molecule has 0 aliphatic heterocycles. The van der Waals surface area contributed by atoms with Gasteiger partial charge >= 0.3 is 5.97 Å². The lowest BCUT2D eigenvalue weighted by Crippen LogP contribution is -2.52. The lowest BCUT2D eigenvalue weighted by molar-refractivity contribution is -0.150. The maximum atomic E-state index is 10.9. The van der Waals surface area contributed by atoms with E-state index in [1.54, 1.807) is 0 Å². The van der Waals surface area contributed by atoms with Gasteiger partial charge in [0.2, 0.25) is 5.91 Å². The Labute approximate surface area is 75.9 Å². The molecule has 0 aromatic carbocycles. The first-order valence-corrected chi connectivity index (χ1v) is 3.76. The van der Waals surface area contributed by atoms with Crippen molar-refractivity contribution in [2.24, 2.45) is 5.73 Å². The van der Waals surface area contributed by atoms with Crippen LogP contribution < -0.4 is 5.73 Å². The van der Waals surface area contributed by atoms with Crippen LogP contribution in [-0.2, 0) is 9.59 Å². The number of aliphatic hydroxyl groups excluding tert-OH is 1. The van der Waals surface area contributed by atoms with Gasteiger partial charge in [-0.05, 0) is 6.92 Å². The summed E-state index contributed by atoms with van der Waals surface area (Å²) in [5, 5.41) is 17.2. The van der Waals surface area contributed by atoms with Crippen LogP contribution in [0.5, 0.6) is 0 Å². The smallest absolute Gasteiger partial charge is 0.328 e. The summed E-state index contributed by atoms with van der Waals surface area (Å²) in [6.45, 7) is 0.771. The number of aliphatic hydroxyl groups is 1. The lowest BCUT2D eigenvalue weighted by Gasteiger charge is -2.26. The van der Waals surface area contributed by atoms with Gasteiger partial charge in [0.1, 0.15) is 12.6 Å². The molecule has 0 saturated carbocycles. The third-order valence-corrected chi connectivity index (χ3v) is 1.70. The molecule has 0 aromatic heterocycles. The van der Waals surface area contributed by atoms with Gasteiger partial charge in [-0.1, -0.05) is 0 Å². The number of hydrogen-bond acceptors (Lipinski definition) is 4. The second-order valence-electron chi connectivity index (χ2n) is 2.80. The van der Waals surface area contributed by atoms with E-state index in [-0.39, 0.29) is 0 Å². The molecule has 1 unspecified atom stereocenters. The predicted octanol–water partition coefficient (Wildman–Crippen LogP) is -1.76. The number of amides is 1. The van der Waals surface area contributed by atoms with E-state index in [1.165, 1.54) is 14.0 Å². The Balaban J connectivity index is 4.55. The van der Waals surface area contributed by atoms with Crippen LogP contribution in [0.2, 0.25) is 0 Å². The van der Waals surface area contributed by atoms with Gasteiger partial charge in [-0.15, -0.1) is 0 Å². The third-order valence-electron chi connectivity index (χ3n) is 1.70. The highest BCUT2D eigenvalue weighted by Gasteiger charge is 2.29. The van der Waals surface area contributed by atoms with Crippen molar-refractivity contribution in [3.63, 3.8) is 0 Å². The van der Waals surface area contributed by atoms with Crippen molar-refractivity contribution >= 4 is 11.9 Å². The number of carboxylic acids is 1. The number of carbonyl (C=O) groups is 2. The molecule has 0 rings (SSSR count). The number of rotatable bonds is 4. The predicted molar refractivity (Wildman–Crippen MR) is 44.9 cm³/mol. The molecule has 1 amide bonds. The first-order valence-electron chi connectivity index (χ1n) is 3.76. The molecule has 0 aliphatic rings. The molecular formula is C7H14N2O4. The van der Waals surface area contributed by atoms with Crippen molar-refractivity contribution < 1.29 is 19.8 Å². The number of aliphatic carboxylic acids is 1. The Morgan fingerprint density at radius 2 is 2.00 bits per heavy atom. The summed E-state index contributed by atoms with van der Waals surface area (Å²) in [7, 11) is 1.29. The van der Waals surface area contributed by atoms with Crippen LogP contribution in [0.15, 0.2) is 0 Å². The van der Waals surface area contributed by atoms with Crippen molar-refractivity contribution in [2.45, 2.75) is 19.0 Å². The topological polar surface area (TPSA) is 104 Å². The van der Waals surface area contributed by atoms with E-state index in [0.717, 1.165) is 4.90 Å². The molecule has 0 bridgehead atoms. The molecule has 13 heavy (non-hydrogen) atoms. The molecule has 0 heterocycles. The van der Waals surface area contributed by atoms with Crippen LogP contribution in [-0.4, -0.2) is 52.7 Å². The maximum Gasteiger partial charge on any atom is 0.328 e. The second-order valence-corrected chi connectivity index (χ2v) is 2.80. The van der Waals surface area contributed by atoms with Gasteiger partial charge < -0.3 is 20.8 Å². The van der Waals surface area contributed by atoms with E-state index in [1.807, 2.05) is 0 Å². The summed E-state index contributed by atoms with van der Waals surface area (Å²) in [6.07, 6.45) is 0. The maximum absolute atomic E-state index is 10.9. The number of carbonyl (C=O) groups excluding carboxylic acids is 1. The quantitative estimate of drug-likeness (QED) is 0.487. The van der Waals surface area contributed by atoms with Gasteiger partial charge in [0.25, 0.3) is 0 Å². The zero-order valence-corrected chi connectivity index (χ0v) is 7.60. The van der Waals surface area contributed by atoms with Gasteiger partial charge in [-0.25, -0.2) is 4.79 Å². The number of nitrogens with two attached hydrogens (primary N) is 1. The number of likely N-dealkylation sites (N-methyl/N-ethyl adjacent to an activating group) is 1. The van der Waals surface area contributed by atoms with Crippen molar-refractivity contribution in [1.82, 2.24) is 4.90 Å². The van der Waals surface area contributed by atoms with Gasteiger partial charge in [0.05, 0.1) is 0 Å². The lowest BCUT2D eigenvalue weighted by atomic mass is 10.1. The molecule has 0 spiro atoms. The zero-order valence-electron chi connectivity index (χ0n) is 7.60. The van der Waals surface area contributed by atoms with Crippen LogP contribution >= 0.6 is 0 Å². The highest BCUT2D eigenvalue weighted by molar-refractivity contribution is 5.84. The molecular weight excluding hydrogens is 176 g/mol. The van der Waals surface area contributed by atoms with Gasteiger partial charge in [0, 0.05) is 13.1 Å². The SMILES string of the molecule is CC(N)[C@@H](C(=O)O)N(C)C(=O)CO. The Morgan fingerprint density at radius 3 is 2.23 bits per heavy atom. The molecule has 76 valence electrons. The monoisotopic (exact) mass is 190 g/mol. The van der Waals surface area contributed by atoms with Crippen LogP contribution in [0.25, 0.3) is 0 Å². The minimum atomic E-state index is -1.18. The first kappa shape index (κ1) is 11.9. The largest absolute Gasteiger partial charge is 0.480 e. The van der Waals surface area contributed by atoms with Gasteiger partial charge in [0.15, 0.2) is 0 Å². The van der Waals surface area contributed by atoms with Crippen LogP contribution in [0.4, 0.5) is 0 Å². The molecule has 6 nitrogen and oxygen atoms in total. The summed E-state index contributed by atoms with van der Waals surface area (Å²) in [4.78, 5) is 22.5. The van der Waals surface area contributed by atoms with Crippen molar-refractivity contribution in [2.75, 3.05) is 13.7 Å². The molecule has 0 saturated heterocycles. The Kier molecular flexibility index (Phi) is 4.36.